The Morgan fingerprint density at radius 2 is 1.04 bits per heavy atom. The van der Waals surface area contributed by atoms with Crippen molar-refractivity contribution in [1.29, 1.82) is 0 Å². The van der Waals surface area contributed by atoms with Crippen molar-refractivity contribution in [2.24, 2.45) is 5.92 Å². The fraction of sp³-hybridized carbons (Fsp3) is 0.958. The quantitative estimate of drug-likeness (QED) is 0.155. The maximum atomic E-state index is 12.2. The van der Waals surface area contributed by atoms with E-state index in [1.165, 1.54) is 89.9 Å². The van der Waals surface area contributed by atoms with Crippen LogP contribution in [0.1, 0.15) is 129 Å². The smallest absolute Gasteiger partial charge is 0.309 e. The standard InChI is InChI=1S/C24H48O3.H3N/c1-3-5-7-9-11-13-15-17-19-23(24(26)27-22-21-25)20-18-16-14-12-10-8-6-4-2;/h23,25H,3-22H2,1-2H3;1H3. The predicted molar refractivity (Wildman–Crippen MR) is 121 cm³/mol. The largest absolute Gasteiger partial charge is 0.463 e. The second-order valence-electron chi connectivity index (χ2n) is 8.12. The van der Waals surface area contributed by atoms with Crippen LogP contribution in [-0.2, 0) is 9.53 Å². The van der Waals surface area contributed by atoms with Crippen molar-refractivity contribution in [1.82, 2.24) is 6.15 Å². The molecule has 0 spiro atoms. The molecule has 0 rings (SSSR count). The van der Waals surface area contributed by atoms with Gasteiger partial charge in [-0.15, -0.1) is 0 Å². The SMILES string of the molecule is CCCCCCCCCCC(CCCCCCCCCC)C(=O)OCCO.N. The third-order valence-corrected chi connectivity index (χ3v) is 5.48. The van der Waals surface area contributed by atoms with Crippen molar-refractivity contribution < 1.29 is 14.6 Å². The van der Waals surface area contributed by atoms with E-state index >= 15 is 0 Å². The van der Waals surface area contributed by atoms with Crippen LogP contribution in [0.25, 0.3) is 0 Å². The molecule has 4 heteroatoms. The first-order chi connectivity index (χ1) is 13.3. The minimum atomic E-state index is -0.0880. The number of carbonyl (C=O) groups excluding carboxylic acids is 1. The normalized spacial score (nSPS) is 10.9. The number of esters is 1. The lowest BCUT2D eigenvalue weighted by atomic mass is 9.94. The Morgan fingerprint density at radius 1 is 0.679 bits per heavy atom. The molecule has 0 aromatic carbocycles. The maximum Gasteiger partial charge on any atom is 0.309 e. The highest BCUT2D eigenvalue weighted by atomic mass is 16.5. The Labute approximate surface area is 175 Å². The summed E-state index contributed by atoms with van der Waals surface area (Å²) in [6.07, 6.45) is 22.6. The summed E-state index contributed by atoms with van der Waals surface area (Å²) in [6.45, 7) is 4.57. The zero-order valence-electron chi connectivity index (χ0n) is 19.2. The number of unbranched alkanes of at least 4 members (excludes halogenated alkanes) is 14. The molecular formula is C24H51NO3. The molecule has 0 aromatic heterocycles. The fourth-order valence-corrected chi connectivity index (χ4v) is 3.69. The molecule has 4 N–H and O–H groups in total. The summed E-state index contributed by atoms with van der Waals surface area (Å²) < 4.78 is 5.21. The average molecular weight is 402 g/mol. The highest BCUT2D eigenvalue weighted by Crippen LogP contribution is 2.21. The predicted octanol–water partition coefficient (Wildman–Crippen LogP) is 7.36. The molecule has 0 radical (unpaired) electrons. The summed E-state index contributed by atoms with van der Waals surface area (Å²) in [7, 11) is 0. The first kappa shape index (κ1) is 29.6. The summed E-state index contributed by atoms with van der Waals surface area (Å²) in [5.74, 6) is -0.0494. The van der Waals surface area contributed by atoms with Crippen LogP contribution in [0, 0.1) is 5.92 Å². The summed E-state index contributed by atoms with van der Waals surface area (Å²) in [6, 6.07) is 0. The van der Waals surface area contributed by atoms with E-state index in [-0.39, 0.29) is 31.3 Å². The molecule has 0 saturated carbocycles. The van der Waals surface area contributed by atoms with Gasteiger partial charge in [-0.1, -0.05) is 117 Å². The number of carbonyl (C=O) groups is 1. The van der Waals surface area contributed by atoms with Gasteiger partial charge in [-0.25, -0.2) is 0 Å². The molecule has 0 atom stereocenters. The maximum absolute atomic E-state index is 12.2. The Hall–Kier alpha value is -0.610. The lowest BCUT2D eigenvalue weighted by molar-refractivity contribution is -0.150. The summed E-state index contributed by atoms with van der Waals surface area (Å²) in [4.78, 5) is 12.2. The Morgan fingerprint density at radius 3 is 1.39 bits per heavy atom. The number of hydrogen-bond acceptors (Lipinski definition) is 4. The van der Waals surface area contributed by atoms with Crippen LogP contribution in [0.15, 0.2) is 0 Å². The van der Waals surface area contributed by atoms with E-state index in [1.807, 2.05) is 0 Å². The van der Waals surface area contributed by atoms with Gasteiger partial charge in [-0.3, -0.25) is 4.79 Å². The van der Waals surface area contributed by atoms with E-state index in [9.17, 15) is 4.79 Å². The van der Waals surface area contributed by atoms with Gasteiger partial charge >= 0.3 is 5.97 Å². The van der Waals surface area contributed by atoms with Crippen molar-refractivity contribution in [2.45, 2.75) is 129 Å². The van der Waals surface area contributed by atoms with Crippen LogP contribution in [0.3, 0.4) is 0 Å². The molecule has 170 valence electrons. The molecule has 0 amide bonds. The van der Waals surface area contributed by atoms with Gasteiger partial charge in [0.2, 0.25) is 0 Å². The van der Waals surface area contributed by atoms with Crippen molar-refractivity contribution in [2.75, 3.05) is 13.2 Å². The number of rotatable bonds is 21. The number of aliphatic hydroxyl groups excluding tert-OH is 1. The van der Waals surface area contributed by atoms with Gasteiger partial charge in [0.25, 0.3) is 0 Å². The van der Waals surface area contributed by atoms with E-state index < -0.39 is 0 Å². The summed E-state index contributed by atoms with van der Waals surface area (Å²) in [5.41, 5.74) is 0. The van der Waals surface area contributed by atoms with Crippen molar-refractivity contribution in [3.05, 3.63) is 0 Å². The Kier molecular flexibility index (Phi) is 25.8. The van der Waals surface area contributed by atoms with Gasteiger partial charge in [0.15, 0.2) is 0 Å². The number of hydrogen-bond donors (Lipinski definition) is 2. The molecule has 0 aromatic rings. The lowest BCUT2D eigenvalue weighted by Crippen LogP contribution is -2.19. The van der Waals surface area contributed by atoms with Crippen molar-refractivity contribution in [3.63, 3.8) is 0 Å². The Balaban J connectivity index is 0. The van der Waals surface area contributed by atoms with Gasteiger partial charge < -0.3 is 16.0 Å². The van der Waals surface area contributed by atoms with E-state index in [4.69, 9.17) is 9.84 Å². The molecule has 4 nitrogen and oxygen atoms in total. The third kappa shape index (κ3) is 20.1. The van der Waals surface area contributed by atoms with Gasteiger partial charge in [0.1, 0.15) is 6.61 Å². The molecule has 0 aliphatic rings. The molecule has 0 heterocycles. The molecule has 0 bridgehead atoms. The Bertz CT molecular complexity index is 290. The molecule has 0 fully saturated rings. The monoisotopic (exact) mass is 401 g/mol. The second kappa shape index (κ2) is 24.4. The number of ether oxygens (including phenoxy) is 1. The average Bonchev–Trinajstić information content (AvgIpc) is 2.68. The topological polar surface area (TPSA) is 81.5 Å². The van der Waals surface area contributed by atoms with Crippen LogP contribution < -0.4 is 6.15 Å². The van der Waals surface area contributed by atoms with Crippen molar-refractivity contribution in [3.8, 4) is 0 Å². The van der Waals surface area contributed by atoms with Crippen LogP contribution in [0.4, 0.5) is 0 Å². The van der Waals surface area contributed by atoms with Crippen LogP contribution >= 0.6 is 0 Å². The molecular weight excluding hydrogens is 350 g/mol. The van der Waals surface area contributed by atoms with Crippen LogP contribution in [0.5, 0.6) is 0 Å². The van der Waals surface area contributed by atoms with Crippen LogP contribution in [0.2, 0.25) is 0 Å². The molecule has 0 unspecified atom stereocenters. The molecule has 28 heavy (non-hydrogen) atoms. The van der Waals surface area contributed by atoms with E-state index in [0.29, 0.717) is 0 Å². The van der Waals surface area contributed by atoms with E-state index in [2.05, 4.69) is 13.8 Å². The van der Waals surface area contributed by atoms with Gasteiger partial charge in [0, 0.05) is 0 Å². The van der Waals surface area contributed by atoms with E-state index in [1.54, 1.807) is 0 Å². The fourth-order valence-electron chi connectivity index (χ4n) is 3.69. The molecule has 0 aliphatic carbocycles. The summed E-state index contributed by atoms with van der Waals surface area (Å²) in [5, 5.41) is 8.89. The molecule has 0 aliphatic heterocycles. The highest BCUT2D eigenvalue weighted by molar-refractivity contribution is 5.72. The first-order valence-electron chi connectivity index (χ1n) is 12.0. The lowest BCUT2D eigenvalue weighted by Gasteiger charge is -2.16. The minimum Gasteiger partial charge on any atom is -0.463 e. The third-order valence-electron chi connectivity index (χ3n) is 5.48. The highest BCUT2D eigenvalue weighted by Gasteiger charge is 2.19. The summed E-state index contributed by atoms with van der Waals surface area (Å²) >= 11 is 0. The van der Waals surface area contributed by atoms with Crippen LogP contribution in [-0.4, -0.2) is 24.3 Å². The van der Waals surface area contributed by atoms with Gasteiger partial charge in [0.05, 0.1) is 12.5 Å². The van der Waals surface area contributed by atoms with Gasteiger partial charge in [-0.2, -0.15) is 0 Å². The zero-order chi connectivity index (χ0) is 20.0. The van der Waals surface area contributed by atoms with E-state index in [0.717, 1.165) is 25.7 Å². The van der Waals surface area contributed by atoms with Crippen molar-refractivity contribution >= 4 is 5.97 Å². The minimum absolute atomic E-state index is 0. The van der Waals surface area contributed by atoms with Gasteiger partial charge in [-0.05, 0) is 12.8 Å². The molecule has 0 saturated heterocycles. The zero-order valence-corrected chi connectivity index (χ0v) is 19.2. The number of aliphatic hydroxyl groups is 1. The first-order valence-corrected chi connectivity index (χ1v) is 12.0. The second-order valence-corrected chi connectivity index (χ2v) is 8.12.